The van der Waals surface area contributed by atoms with Crippen LogP contribution >= 0.6 is 0 Å². The van der Waals surface area contributed by atoms with Crippen LogP contribution in [0, 0.1) is 0 Å². The number of aliphatic carboxylic acids is 1. The molecule has 1 aromatic carbocycles. The molecule has 0 aliphatic heterocycles. The van der Waals surface area contributed by atoms with Gasteiger partial charge in [-0.05, 0) is 43.4 Å². The maximum atomic E-state index is 12.2. The van der Waals surface area contributed by atoms with Crippen molar-refractivity contribution in [2.24, 2.45) is 0 Å². The summed E-state index contributed by atoms with van der Waals surface area (Å²) in [6.45, 7) is 2.16. The lowest BCUT2D eigenvalue weighted by molar-refractivity contribution is -0.139. The van der Waals surface area contributed by atoms with Gasteiger partial charge >= 0.3 is 5.97 Å². The average molecular weight is 349 g/mol. The quantitative estimate of drug-likeness (QED) is 0.678. The second-order valence-electron chi connectivity index (χ2n) is 6.31. The highest BCUT2D eigenvalue weighted by atomic mass is 16.5. The molecule has 2 N–H and O–H groups in total. The van der Waals surface area contributed by atoms with Gasteiger partial charge in [0.2, 0.25) is 5.91 Å². The van der Waals surface area contributed by atoms with Gasteiger partial charge in [-0.2, -0.15) is 0 Å². The van der Waals surface area contributed by atoms with Gasteiger partial charge in [-0.25, -0.2) is 4.79 Å². The molecule has 1 saturated carbocycles. The molecule has 0 bridgehead atoms. The first-order valence-corrected chi connectivity index (χ1v) is 8.95. The van der Waals surface area contributed by atoms with Crippen molar-refractivity contribution in [2.75, 3.05) is 13.2 Å². The molecule has 138 valence electrons. The van der Waals surface area contributed by atoms with Gasteiger partial charge in [0.15, 0.2) is 6.61 Å². The van der Waals surface area contributed by atoms with Gasteiger partial charge in [-0.3, -0.25) is 4.79 Å². The maximum absolute atomic E-state index is 12.2. The van der Waals surface area contributed by atoms with Gasteiger partial charge in [0.25, 0.3) is 0 Å². The number of ether oxygens (including phenoxy) is 2. The molecule has 1 aromatic rings. The zero-order valence-corrected chi connectivity index (χ0v) is 14.7. The highest BCUT2D eigenvalue weighted by Crippen LogP contribution is 2.23. The summed E-state index contributed by atoms with van der Waals surface area (Å²) < 4.78 is 11.0. The van der Waals surface area contributed by atoms with Crippen LogP contribution in [0.3, 0.4) is 0 Å². The number of rotatable bonds is 10. The van der Waals surface area contributed by atoms with Crippen molar-refractivity contribution in [3.8, 4) is 5.75 Å². The number of amides is 1. The molecule has 6 nitrogen and oxygen atoms in total. The molecule has 1 atom stereocenters. The third kappa shape index (κ3) is 6.74. The second kappa shape index (κ2) is 10.0. The van der Waals surface area contributed by atoms with Crippen molar-refractivity contribution < 1.29 is 24.2 Å². The zero-order chi connectivity index (χ0) is 18.1. The van der Waals surface area contributed by atoms with Gasteiger partial charge in [-0.1, -0.05) is 31.9 Å². The van der Waals surface area contributed by atoms with E-state index < -0.39 is 5.97 Å². The lowest BCUT2D eigenvalue weighted by Crippen LogP contribution is -2.38. The van der Waals surface area contributed by atoms with Gasteiger partial charge in [0, 0.05) is 6.54 Å². The fourth-order valence-electron chi connectivity index (χ4n) is 2.94. The molecular weight excluding hydrogens is 322 g/mol. The third-order valence-corrected chi connectivity index (χ3v) is 4.32. The van der Waals surface area contributed by atoms with E-state index in [2.05, 4.69) is 5.32 Å². The average Bonchev–Trinajstić information content (AvgIpc) is 3.12. The van der Waals surface area contributed by atoms with Crippen molar-refractivity contribution >= 4 is 11.9 Å². The van der Waals surface area contributed by atoms with E-state index in [9.17, 15) is 9.59 Å². The monoisotopic (exact) mass is 349 g/mol. The Kier molecular flexibility index (Phi) is 7.73. The molecule has 1 fully saturated rings. The summed E-state index contributed by atoms with van der Waals surface area (Å²) >= 11 is 0. The number of nitrogens with one attached hydrogen (secondary N) is 1. The molecule has 1 aliphatic rings. The van der Waals surface area contributed by atoms with Gasteiger partial charge < -0.3 is 19.9 Å². The molecule has 0 heterocycles. The van der Waals surface area contributed by atoms with Crippen LogP contribution in [0.25, 0.3) is 0 Å². The van der Waals surface area contributed by atoms with Crippen molar-refractivity contribution in [3.05, 3.63) is 29.8 Å². The number of hydrogen-bond acceptors (Lipinski definition) is 4. The first kappa shape index (κ1) is 19.2. The van der Waals surface area contributed by atoms with E-state index in [1.165, 1.54) is 12.8 Å². The Hall–Kier alpha value is -2.08. The Morgan fingerprint density at radius 1 is 1.24 bits per heavy atom. The summed E-state index contributed by atoms with van der Waals surface area (Å²) in [5.41, 5.74) is 1.05. The molecule has 1 amide bonds. The van der Waals surface area contributed by atoms with Crippen LogP contribution in [-0.4, -0.2) is 42.3 Å². The smallest absolute Gasteiger partial charge is 0.341 e. The van der Waals surface area contributed by atoms with Crippen LogP contribution in [0.15, 0.2) is 24.3 Å². The van der Waals surface area contributed by atoms with Crippen molar-refractivity contribution in [1.82, 2.24) is 5.32 Å². The van der Waals surface area contributed by atoms with Crippen molar-refractivity contribution in [3.63, 3.8) is 0 Å². The van der Waals surface area contributed by atoms with Crippen LogP contribution in [0.1, 0.15) is 44.6 Å². The van der Waals surface area contributed by atoms with E-state index in [1.54, 1.807) is 12.1 Å². The minimum absolute atomic E-state index is 0.0455. The number of carbonyl (C=O) groups excluding carboxylic acids is 1. The summed E-state index contributed by atoms with van der Waals surface area (Å²) in [6.07, 6.45) is 5.73. The zero-order valence-electron chi connectivity index (χ0n) is 14.7. The maximum Gasteiger partial charge on any atom is 0.341 e. The van der Waals surface area contributed by atoms with Crippen LogP contribution in [0.2, 0.25) is 0 Å². The van der Waals surface area contributed by atoms with Crippen molar-refractivity contribution in [1.29, 1.82) is 0 Å². The molecule has 1 aliphatic carbocycles. The molecule has 0 aromatic heterocycles. The number of benzene rings is 1. The first-order chi connectivity index (χ1) is 12.1. The minimum atomic E-state index is -1.00. The Morgan fingerprint density at radius 2 is 1.92 bits per heavy atom. The largest absolute Gasteiger partial charge is 0.482 e. The third-order valence-electron chi connectivity index (χ3n) is 4.32. The highest BCUT2D eigenvalue weighted by molar-refractivity contribution is 5.80. The lowest BCUT2D eigenvalue weighted by atomic mass is 10.1. The molecule has 0 spiro atoms. The fourth-order valence-corrected chi connectivity index (χ4v) is 2.94. The second-order valence-corrected chi connectivity index (χ2v) is 6.31. The van der Waals surface area contributed by atoms with Crippen molar-refractivity contribution in [2.45, 2.75) is 57.7 Å². The SMILES string of the molecule is CCC(OC1CCCC1)C(=O)NCCc1ccc(OCC(=O)O)cc1. The molecule has 0 saturated heterocycles. The van der Waals surface area contributed by atoms with Gasteiger partial charge in [0.1, 0.15) is 11.9 Å². The van der Waals surface area contributed by atoms with Crippen LogP contribution < -0.4 is 10.1 Å². The first-order valence-electron chi connectivity index (χ1n) is 8.95. The normalized spacial score (nSPS) is 15.7. The molecule has 1 unspecified atom stereocenters. The predicted molar refractivity (Wildman–Crippen MR) is 93.7 cm³/mol. The topological polar surface area (TPSA) is 84.9 Å². The van der Waals surface area contributed by atoms with Crippen LogP contribution in [0.5, 0.6) is 5.75 Å². The Bertz CT molecular complexity index is 551. The van der Waals surface area contributed by atoms with Crippen LogP contribution in [-0.2, 0) is 20.7 Å². The Labute approximate surface area is 148 Å². The predicted octanol–water partition coefficient (Wildman–Crippen LogP) is 2.55. The van der Waals surface area contributed by atoms with E-state index in [0.29, 0.717) is 25.1 Å². The molecule has 25 heavy (non-hydrogen) atoms. The minimum Gasteiger partial charge on any atom is -0.482 e. The summed E-state index contributed by atoms with van der Waals surface area (Å²) in [5.74, 6) is -0.529. The van der Waals surface area contributed by atoms with E-state index in [0.717, 1.165) is 18.4 Å². The summed E-state index contributed by atoms with van der Waals surface area (Å²) in [6, 6.07) is 7.21. The van der Waals surface area contributed by atoms with E-state index >= 15 is 0 Å². The Balaban J connectivity index is 1.71. The fraction of sp³-hybridized carbons (Fsp3) is 0.579. The Morgan fingerprint density at radius 3 is 2.52 bits per heavy atom. The van der Waals surface area contributed by atoms with Gasteiger partial charge in [-0.15, -0.1) is 0 Å². The molecule has 2 rings (SSSR count). The molecular formula is C19H27NO5. The number of carbonyl (C=O) groups is 2. The lowest BCUT2D eigenvalue weighted by Gasteiger charge is -2.20. The summed E-state index contributed by atoms with van der Waals surface area (Å²) in [4.78, 5) is 22.7. The number of carboxylic acids is 1. The molecule has 0 radical (unpaired) electrons. The summed E-state index contributed by atoms with van der Waals surface area (Å²) in [5, 5.41) is 11.5. The summed E-state index contributed by atoms with van der Waals surface area (Å²) in [7, 11) is 0. The highest BCUT2D eigenvalue weighted by Gasteiger charge is 2.23. The molecule has 6 heteroatoms. The van der Waals surface area contributed by atoms with E-state index in [1.807, 2.05) is 19.1 Å². The standard InChI is InChI=1S/C19H27NO5/c1-2-17(25-16-5-3-4-6-16)19(23)20-12-11-14-7-9-15(10-8-14)24-13-18(21)22/h7-10,16-17H,2-6,11-13H2,1H3,(H,20,23)(H,21,22). The van der Waals surface area contributed by atoms with Gasteiger partial charge in [0.05, 0.1) is 6.10 Å². The van der Waals surface area contributed by atoms with E-state index in [-0.39, 0.29) is 24.7 Å². The number of carboxylic acid groups (broad SMARTS) is 1. The number of hydrogen-bond donors (Lipinski definition) is 2. The van der Waals surface area contributed by atoms with E-state index in [4.69, 9.17) is 14.6 Å². The van der Waals surface area contributed by atoms with Crippen LogP contribution in [0.4, 0.5) is 0 Å².